The maximum atomic E-state index is 12.1. The van der Waals surface area contributed by atoms with Crippen molar-refractivity contribution in [2.75, 3.05) is 6.61 Å². The van der Waals surface area contributed by atoms with E-state index in [1.807, 2.05) is 24.3 Å². The van der Waals surface area contributed by atoms with Crippen molar-refractivity contribution >= 4 is 23.0 Å². The normalized spacial score (nSPS) is 12.2. The number of nitrogens with one attached hydrogen (secondary N) is 1. The Morgan fingerprint density at radius 1 is 1.17 bits per heavy atom. The maximum Gasteiger partial charge on any atom is 0.277 e. The molecule has 0 atom stereocenters. The molecule has 0 aliphatic rings. The molecule has 0 spiro atoms. The van der Waals surface area contributed by atoms with Crippen LogP contribution in [0.1, 0.15) is 53.9 Å². The van der Waals surface area contributed by atoms with Crippen LogP contribution in [0.3, 0.4) is 0 Å². The maximum absolute atomic E-state index is 12.1. The zero-order valence-electron chi connectivity index (χ0n) is 18.7. The van der Waals surface area contributed by atoms with Gasteiger partial charge in [-0.2, -0.15) is 5.10 Å². The number of rotatable bonds is 10. The van der Waals surface area contributed by atoms with Gasteiger partial charge in [-0.1, -0.05) is 55.3 Å². The third kappa shape index (κ3) is 8.19. The number of hydrazone groups is 1. The SMILES string of the molecule is CC(C)=CCCC(C)=CCC(C)(C)C=NNC(=O)COc1cccc2cccnc12. The predicted molar refractivity (Wildman–Crippen MR) is 125 cm³/mol. The van der Waals surface area contributed by atoms with E-state index in [1.165, 1.54) is 11.1 Å². The van der Waals surface area contributed by atoms with Crippen LogP contribution >= 0.6 is 0 Å². The summed E-state index contributed by atoms with van der Waals surface area (Å²) in [5.41, 5.74) is 5.86. The lowest BCUT2D eigenvalue weighted by atomic mass is 9.89. The van der Waals surface area contributed by atoms with Crippen molar-refractivity contribution in [1.29, 1.82) is 0 Å². The van der Waals surface area contributed by atoms with Crippen molar-refractivity contribution < 1.29 is 9.53 Å². The van der Waals surface area contributed by atoms with Gasteiger partial charge in [0.2, 0.25) is 0 Å². The highest BCUT2D eigenvalue weighted by Crippen LogP contribution is 2.23. The Labute approximate surface area is 179 Å². The number of carbonyl (C=O) groups excluding carboxylic acids is 1. The van der Waals surface area contributed by atoms with Crippen molar-refractivity contribution in [1.82, 2.24) is 10.4 Å². The Balaban J connectivity index is 1.80. The van der Waals surface area contributed by atoms with E-state index < -0.39 is 0 Å². The number of hydrogen-bond donors (Lipinski definition) is 1. The molecular formula is C25H33N3O2. The zero-order chi connectivity index (χ0) is 22.0. The fourth-order valence-corrected chi connectivity index (χ4v) is 2.83. The highest BCUT2D eigenvalue weighted by Gasteiger charge is 2.14. The molecule has 5 heteroatoms. The summed E-state index contributed by atoms with van der Waals surface area (Å²) in [6, 6.07) is 9.47. The van der Waals surface area contributed by atoms with E-state index in [1.54, 1.807) is 18.5 Å². The van der Waals surface area contributed by atoms with Gasteiger partial charge in [-0.25, -0.2) is 5.43 Å². The number of allylic oxidation sites excluding steroid dienone is 4. The fourth-order valence-electron chi connectivity index (χ4n) is 2.83. The number of pyridine rings is 1. The second-order valence-corrected chi connectivity index (χ2v) is 8.48. The molecule has 0 unspecified atom stereocenters. The Hall–Kier alpha value is -2.95. The molecule has 1 aromatic carbocycles. The van der Waals surface area contributed by atoms with Crippen LogP contribution in [0.4, 0.5) is 0 Å². The van der Waals surface area contributed by atoms with E-state index in [-0.39, 0.29) is 17.9 Å². The van der Waals surface area contributed by atoms with Crippen molar-refractivity contribution in [2.24, 2.45) is 10.5 Å². The van der Waals surface area contributed by atoms with Crippen molar-refractivity contribution in [3.63, 3.8) is 0 Å². The van der Waals surface area contributed by atoms with Crippen LogP contribution in [-0.4, -0.2) is 23.7 Å². The van der Waals surface area contributed by atoms with E-state index in [0.717, 1.165) is 30.2 Å². The highest BCUT2D eigenvalue weighted by molar-refractivity contribution is 5.85. The average Bonchev–Trinajstić information content (AvgIpc) is 2.70. The van der Waals surface area contributed by atoms with Crippen LogP contribution in [0.5, 0.6) is 5.75 Å². The van der Waals surface area contributed by atoms with Crippen LogP contribution < -0.4 is 10.2 Å². The number of fused-ring (bicyclic) bond motifs is 1. The number of benzene rings is 1. The third-order valence-corrected chi connectivity index (χ3v) is 4.63. The topological polar surface area (TPSA) is 63.6 Å². The summed E-state index contributed by atoms with van der Waals surface area (Å²) < 4.78 is 5.63. The molecule has 0 aliphatic carbocycles. The molecule has 0 bridgehead atoms. The summed E-state index contributed by atoms with van der Waals surface area (Å²) in [6.45, 7) is 10.5. The Bertz CT molecular complexity index is 933. The van der Waals surface area contributed by atoms with E-state index in [4.69, 9.17) is 4.74 Å². The van der Waals surface area contributed by atoms with Gasteiger partial charge in [0.25, 0.3) is 5.91 Å². The minimum atomic E-state index is -0.302. The molecule has 0 saturated carbocycles. The molecular weight excluding hydrogens is 374 g/mol. The van der Waals surface area contributed by atoms with Gasteiger partial charge in [0.05, 0.1) is 0 Å². The smallest absolute Gasteiger partial charge is 0.277 e. The van der Waals surface area contributed by atoms with Gasteiger partial charge in [0, 0.05) is 23.2 Å². The number of carbonyl (C=O) groups is 1. The minimum Gasteiger partial charge on any atom is -0.481 e. The molecule has 2 rings (SSSR count). The van der Waals surface area contributed by atoms with E-state index in [2.05, 4.69) is 62.3 Å². The number of ether oxygens (including phenoxy) is 1. The van der Waals surface area contributed by atoms with Crippen molar-refractivity contribution in [2.45, 2.75) is 53.9 Å². The number of nitrogens with zero attached hydrogens (tertiary/aromatic N) is 2. The summed E-state index contributed by atoms with van der Waals surface area (Å²) in [5.74, 6) is 0.282. The molecule has 0 aliphatic heterocycles. The van der Waals surface area contributed by atoms with E-state index >= 15 is 0 Å². The van der Waals surface area contributed by atoms with Crippen LogP contribution in [0.15, 0.2) is 64.9 Å². The van der Waals surface area contributed by atoms with Gasteiger partial charge >= 0.3 is 0 Å². The molecule has 1 heterocycles. The molecule has 30 heavy (non-hydrogen) atoms. The van der Waals surface area contributed by atoms with E-state index in [0.29, 0.717) is 5.75 Å². The first-order valence-corrected chi connectivity index (χ1v) is 10.4. The first-order chi connectivity index (χ1) is 14.3. The first kappa shape index (κ1) is 23.3. The molecule has 0 saturated heterocycles. The predicted octanol–water partition coefficient (Wildman–Crippen LogP) is 5.82. The van der Waals surface area contributed by atoms with Gasteiger partial charge in [-0.15, -0.1) is 0 Å². The lowest BCUT2D eigenvalue weighted by molar-refractivity contribution is -0.123. The quantitative estimate of drug-likeness (QED) is 0.306. The van der Waals surface area contributed by atoms with Crippen LogP contribution in [0, 0.1) is 5.41 Å². The summed E-state index contributed by atoms with van der Waals surface area (Å²) in [7, 11) is 0. The lowest BCUT2D eigenvalue weighted by Gasteiger charge is -2.17. The van der Waals surface area contributed by atoms with Gasteiger partial charge in [0.15, 0.2) is 6.61 Å². The second-order valence-electron chi connectivity index (χ2n) is 8.48. The van der Waals surface area contributed by atoms with Crippen molar-refractivity contribution in [3.05, 3.63) is 59.8 Å². The molecule has 2 aromatic rings. The number of hydrogen-bond acceptors (Lipinski definition) is 4. The summed E-state index contributed by atoms with van der Waals surface area (Å²) >= 11 is 0. The average molecular weight is 408 g/mol. The molecule has 0 radical (unpaired) electrons. The Morgan fingerprint density at radius 2 is 1.93 bits per heavy atom. The first-order valence-electron chi connectivity index (χ1n) is 10.4. The number of amides is 1. The molecule has 0 fully saturated rings. The fraction of sp³-hybridized carbons (Fsp3) is 0.400. The van der Waals surface area contributed by atoms with Crippen molar-refractivity contribution in [3.8, 4) is 5.75 Å². The Kier molecular flexibility index (Phi) is 8.78. The van der Waals surface area contributed by atoms with E-state index in [9.17, 15) is 4.79 Å². The third-order valence-electron chi connectivity index (χ3n) is 4.63. The second kappa shape index (κ2) is 11.3. The Morgan fingerprint density at radius 3 is 2.70 bits per heavy atom. The number of aromatic nitrogens is 1. The van der Waals surface area contributed by atoms with Crippen LogP contribution in [-0.2, 0) is 4.79 Å². The minimum absolute atomic E-state index is 0.114. The van der Waals surface area contributed by atoms with Crippen LogP contribution in [0.25, 0.3) is 10.9 Å². The summed E-state index contributed by atoms with van der Waals surface area (Å²) in [5, 5.41) is 5.09. The number of para-hydroxylation sites is 1. The molecule has 160 valence electrons. The highest BCUT2D eigenvalue weighted by atomic mass is 16.5. The monoisotopic (exact) mass is 407 g/mol. The largest absolute Gasteiger partial charge is 0.481 e. The molecule has 5 nitrogen and oxygen atoms in total. The van der Waals surface area contributed by atoms with Gasteiger partial charge in [-0.3, -0.25) is 9.78 Å². The lowest BCUT2D eigenvalue weighted by Crippen LogP contribution is -2.26. The summed E-state index contributed by atoms with van der Waals surface area (Å²) in [4.78, 5) is 16.4. The van der Waals surface area contributed by atoms with Gasteiger partial charge in [0.1, 0.15) is 11.3 Å². The zero-order valence-corrected chi connectivity index (χ0v) is 18.7. The molecule has 1 N–H and O–H groups in total. The molecule has 1 amide bonds. The standard InChI is InChI=1S/C25H33N3O2/c1-19(2)9-6-10-20(3)14-15-25(4,5)18-27-28-23(29)17-30-22-13-7-11-21-12-8-16-26-24(21)22/h7-9,11-14,16,18H,6,10,15,17H2,1-5H3,(H,28,29). The van der Waals surface area contributed by atoms with Gasteiger partial charge in [-0.05, 0) is 52.2 Å². The summed E-state index contributed by atoms with van der Waals surface area (Å²) in [6.07, 6.45) is 11.0. The van der Waals surface area contributed by atoms with Crippen LogP contribution in [0.2, 0.25) is 0 Å². The van der Waals surface area contributed by atoms with Gasteiger partial charge < -0.3 is 4.74 Å². The molecule has 1 aromatic heterocycles.